The van der Waals surface area contributed by atoms with Crippen LogP contribution in [0.4, 0.5) is 0 Å². The number of hydrogen-bond donors (Lipinski definition) is 2. The van der Waals surface area contributed by atoms with Crippen LogP contribution in [0.3, 0.4) is 0 Å². The second-order valence-electron chi connectivity index (χ2n) is 15.5. The van der Waals surface area contributed by atoms with Crippen molar-refractivity contribution in [3.63, 3.8) is 0 Å². The summed E-state index contributed by atoms with van der Waals surface area (Å²) in [5.74, 6) is 0.551. The fourth-order valence-electron chi connectivity index (χ4n) is 10.8. The largest absolute Gasteiger partial charge is 0.393 e. The van der Waals surface area contributed by atoms with E-state index in [9.17, 15) is 19.9 Å². The first-order valence-corrected chi connectivity index (χ1v) is 14.4. The fraction of sp³-hybridized carbons (Fsp3) is 0.871. The number of fused-ring (bicyclic) bond motifs is 7. The van der Waals surface area contributed by atoms with E-state index in [4.69, 9.17) is 0 Å². The fourth-order valence-corrected chi connectivity index (χ4v) is 10.8. The number of allylic oxidation sites excluding steroid dienone is 2. The van der Waals surface area contributed by atoms with Crippen LogP contribution in [-0.2, 0) is 9.59 Å². The first-order chi connectivity index (χ1) is 16.5. The smallest absolute Gasteiger partial charge is 0.251 e. The lowest BCUT2D eigenvalue weighted by Gasteiger charge is -2.70. The molecule has 1 amide bonds. The van der Waals surface area contributed by atoms with E-state index in [0.717, 1.165) is 56.4 Å². The van der Waals surface area contributed by atoms with E-state index in [1.54, 1.807) is 0 Å². The Hall–Kier alpha value is -1.20. The van der Waals surface area contributed by atoms with Gasteiger partial charge in [-0.05, 0) is 103 Å². The second kappa shape index (κ2) is 7.68. The van der Waals surface area contributed by atoms with Crippen LogP contribution in [0.5, 0.6) is 0 Å². The van der Waals surface area contributed by atoms with Crippen molar-refractivity contribution in [2.75, 3.05) is 7.05 Å². The molecule has 0 bridgehead atoms. The highest BCUT2D eigenvalue weighted by molar-refractivity contribution is 5.95. The lowest BCUT2D eigenvalue weighted by atomic mass is 9.33. The number of nitrogens with zero attached hydrogens (tertiary/aromatic N) is 1. The molecule has 0 radical (unpaired) electrons. The minimum Gasteiger partial charge on any atom is -0.393 e. The highest BCUT2D eigenvalue weighted by atomic mass is 16.5. The molecule has 0 aromatic carbocycles. The molecular weight excluding hydrogens is 450 g/mol. The van der Waals surface area contributed by atoms with Crippen LogP contribution in [0.25, 0.3) is 0 Å². The number of ketones is 1. The summed E-state index contributed by atoms with van der Waals surface area (Å²) in [6.07, 6.45) is 10.1. The number of carbonyl (C=O) groups is 2. The summed E-state index contributed by atoms with van der Waals surface area (Å²) in [5.41, 5.74) is 0.237. The molecule has 5 rings (SSSR count). The van der Waals surface area contributed by atoms with Crippen molar-refractivity contribution in [3.8, 4) is 0 Å². The molecule has 0 heterocycles. The average Bonchev–Trinajstić information content (AvgIpc) is 2.78. The lowest BCUT2D eigenvalue weighted by molar-refractivity contribution is -0.203. The third kappa shape index (κ3) is 3.14. The number of hydrogen-bond acceptors (Lipinski definition) is 4. The van der Waals surface area contributed by atoms with Gasteiger partial charge < -0.3 is 5.11 Å². The zero-order chi connectivity index (χ0) is 26.7. The molecule has 4 saturated carbocycles. The van der Waals surface area contributed by atoms with E-state index in [1.807, 2.05) is 13.0 Å². The number of carbonyl (C=O) groups excluding carboxylic acids is 2. The maximum atomic E-state index is 14.3. The number of hydroxylamine groups is 2. The number of rotatable bonds is 1. The Morgan fingerprint density at radius 2 is 1.58 bits per heavy atom. The molecule has 0 aliphatic heterocycles. The van der Waals surface area contributed by atoms with Crippen LogP contribution in [0.1, 0.15) is 106 Å². The van der Waals surface area contributed by atoms with Gasteiger partial charge in [-0.3, -0.25) is 14.8 Å². The standard InChI is InChI=1S/C31H49NO4/c1-26(2)22-9-12-31(7)24(29(22,5)11-10-23(26)34)21(33)17-19-20-18-28(4,25(35)32(8)36)14-13-27(20,3)15-16-30(19,31)6/h17,20,22-24,34,36H,9-16,18H2,1-8H3/t20-,22-,23-,24+,27+,28-,29-,30+,31+/m0/s1. The van der Waals surface area contributed by atoms with Gasteiger partial charge in [-0.25, -0.2) is 5.06 Å². The highest BCUT2D eigenvalue weighted by Gasteiger charge is 2.70. The Bertz CT molecular complexity index is 1020. The predicted molar refractivity (Wildman–Crippen MR) is 140 cm³/mol. The minimum atomic E-state index is -0.610. The molecule has 5 aliphatic carbocycles. The van der Waals surface area contributed by atoms with Crippen molar-refractivity contribution in [2.45, 2.75) is 112 Å². The van der Waals surface area contributed by atoms with Crippen LogP contribution in [0.2, 0.25) is 0 Å². The van der Waals surface area contributed by atoms with Crippen molar-refractivity contribution in [3.05, 3.63) is 11.6 Å². The van der Waals surface area contributed by atoms with E-state index in [0.29, 0.717) is 12.3 Å². The van der Waals surface area contributed by atoms with E-state index >= 15 is 0 Å². The molecule has 5 aliphatic rings. The van der Waals surface area contributed by atoms with E-state index in [1.165, 1.54) is 12.6 Å². The SMILES string of the molecule is CN(O)C(=O)[C@@]1(C)CC[C@]2(C)CC[C@]3(C)C(=CC(=O)[C@@H]4[C@@]5(C)CC[C@H](O)C(C)(C)[C@@H]5CC[C@]43C)[C@@H]2C1. The van der Waals surface area contributed by atoms with Gasteiger partial charge in [0.05, 0.1) is 6.10 Å². The van der Waals surface area contributed by atoms with Crippen molar-refractivity contribution in [1.29, 1.82) is 0 Å². The van der Waals surface area contributed by atoms with Gasteiger partial charge >= 0.3 is 0 Å². The first-order valence-electron chi connectivity index (χ1n) is 14.4. The van der Waals surface area contributed by atoms with Gasteiger partial charge in [-0.15, -0.1) is 0 Å². The molecule has 5 heteroatoms. The summed E-state index contributed by atoms with van der Waals surface area (Å²) < 4.78 is 0. The molecule has 5 nitrogen and oxygen atoms in total. The zero-order valence-electron chi connectivity index (χ0n) is 23.9. The predicted octanol–water partition coefficient (Wildman–Crippen LogP) is 6.18. The Morgan fingerprint density at radius 3 is 2.22 bits per heavy atom. The Labute approximate surface area is 218 Å². The van der Waals surface area contributed by atoms with Crippen molar-refractivity contribution in [2.24, 2.45) is 50.2 Å². The molecule has 2 N–H and O–H groups in total. The molecule has 0 unspecified atom stereocenters. The topological polar surface area (TPSA) is 77.8 Å². The van der Waals surface area contributed by atoms with Crippen molar-refractivity contribution < 1.29 is 19.9 Å². The Kier molecular flexibility index (Phi) is 5.64. The summed E-state index contributed by atoms with van der Waals surface area (Å²) in [4.78, 5) is 27.4. The molecule has 0 saturated heterocycles. The first kappa shape index (κ1) is 26.4. The minimum absolute atomic E-state index is 0.0335. The van der Waals surface area contributed by atoms with Crippen LogP contribution in [0.15, 0.2) is 11.6 Å². The molecule has 36 heavy (non-hydrogen) atoms. The van der Waals surface area contributed by atoms with Crippen molar-refractivity contribution in [1.82, 2.24) is 5.06 Å². The maximum absolute atomic E-state index is 14.3. The van der Waals surface area contributed by atoms with Crippen molar-refractivity contribution >= 4 is 11.7 Å². The number of aliphatic hydroxyl groups excluding tert-OH is 1. The normalized spacial score (nSPS) is 51.7. The highest BCUT2D eigenvalue weighted by Crippen LogP contribution is 2.75. The maximum Gasteiger partial charge on any atom is 0.251 e. The van der Waals surface area contributed by atoms with Gasteiger partial charge in [0.2, 0.25) is 0 Å². The van der Waals surface area contributed by atoms with Gasteiger partial charge in [0.25, 0.3) is 5.91 Å². The van der Waals surface area contributed by atoms with Gasteiger partial charge in [0.15, 0.2) is 5.78 Å². The van der Waals surface area contributed by atoms with Gasteiger partial charge in [0.1, 0.15) is 0 Å². The Balaban J connectivity index is 1.60. The third-order valence-corrected chi connectivity index (χ3v) is 13.4. The van der Waals surface area contributed by atoms with Gasteiger partial charge in [0, 0.05) is 18.4 Å². The molecule has 9 atom stereocenters. The average molecular weight is 500 g/mol. The molecule has 0 aromatic rings. The molecular formula is C31H49NO4. The summed E-state index contributed by atoms with van der Waals surface area (Å²) in [6, 6.07) is 0. The summed E-state index contributed by atoms with van der Waals surface area (Å²) >= 11 is 0. The number of amides is 1. The third-order valence-electron chi connectivity index (χ3n) is 13.4. The number of aliphatic hydroxyl groups is 1. The van der Waals surface area contributed by atoms with Crippen LogP contribution in [-0.4, -0.2) is 40.2 Å². The van der Waals surface area contributed by atoms with Gasteiger partial charge in [-0.1, -0.05) is 54.0 Å². The quantitative estimate of drug-likeness (QED) is 0.334. The van der Waals surface area contributed by atoms with E-state index < -0.39 is 5.41 Å². The Morgan fingerprint density at radius 1 is 0.944 bits per heavy atom. The van der Waals surface area contributed by atoms with Crippen LogP contribution in [0, 0.1) is 50.2 Å². The molecule has 0 aromatic heterocycles. The molecule has 202 valence electrons. The van der Waals surface area contributed by atoms with E-state index in [-0.39, 0.29) is 56.7 Å². The summed E-state index contributed by atoms with van der Waals surface area (Å²) in [5, 5.41) is 21.7. The second-order valence-corrected chi connectivity index (χ2v) is 15.5. The monoisotopic (exact) mass is 499 g/mol. The lowest BCUT2D eigenvalue weighted by Crippen LogP contribution is -2.66. The van der Waals surface area contributed by atoms with Crippen LogP contribution >= 0.6 is 0 Å². The van der Waals surface area contributed by atoms with E-state index in [2.05, 4.69) is 41.5 Å². The molecule has 4 fully saturated rings. The summed E-state index contributed by atoms with van der Waals surface area (Å²) in [7, 11) is 1.43. The molecule has 0 spiro atoms. The van der Waals surface area contributed by atoms with Gasteiger partial charge in [-0.2, -0.15) is 0 Å². The summed E-state index contributed by atoms with van der Waals surface area (Å²) in [6.45, 7) is 16.0. The van der Waals surface area contributed by atoms with Crippen LogP contribution < -0.4 is 0 Å². The zero-order valence-corrected chi connectivity index (χ0v) is 23.9.